The second-order valence-electron chi connectivity index (χ2n) is 4.75. The zero-order valence-corrected chi connectivity index (χ0v) is 14.0. The minimum absolute atomic E-state index is 0. The minimum Gasteiger partial charge on any atom is -0.314 e. The number of halogens is 3. The van der Waals surface area contributed by atoms with Gasteiger partial charge < -0.3 is 5.32 Å². The second kappa shape index (κ2) is 7.29. The lowest BCUT2D eigenvalue weighted by Gasteiger charge is -2.28. The van der Waals surface area contributed by atoms with Crippen molar-refractivity contribution in [2.24, 2.45) is 0 Å². The molecule has 1 heterocycles. The average Bonchev–Trinajstić information content (AvgIpc) is 2.27. The average molecular weight is 360 g/mol. The summed E-state index contributed by atoms with van der Waals surface area (Å²) in [7, 11) is -3.69. The molecule has 0 aromatic heterocycles. The van der Waals surface area contributed by atoms with Crippen molar-refractivity contribution in [3.05, 3.63) is 28.2 Å². The predicted molar refractivity (Wildman–Crippen MR) is 84.5 cm³/mol. The number of benzene rings is 1. The van der Waals surface area contributed by atoms with Gasteiger partial charge >= 0.3 is 0 Å². The first-order valence-corrected chi connectivity index (χ1v) is 8.34. The van der Waals surface area contributed by atoms with Crippen molar-refractivity contribution in [2.45, 2.75) is 36.7 Å². The molecular formula is C12H17Cl3N2O2S. The van der Waals surface area contributed by atoms with Crippen LogP contribution >= 0.6 is 35.6 Å². The van der Waals surface area contributed by atoms with E-state index in [1.807, 2.05) is 6.92 Å². The largest absolute Gasteiger partial charge is 0.314 e. The predicted octanol–water partition coefficient (Wildman–Crippen LogP) is 2.83. The Morgan fingerprint density at radius 2 is 1.90 bits per heavy atom. The van der Waals surface area contributed by atoms with Crippen LogP contribution in [0.1, 0.15) is 19.8 Å². The molecule has 0 bridgehead atoms. The zero-order chi connectivity index (χ0) is 14.0. The molecule has 1 aromatic rings. The normalized spacial score (nSPS) is 23.1. The van der Waals surface area contributed by atoms with Crippen LogP contribution < -0.4 is 10.0 Å². The molecule has 0 saturated carbocycles. The van der Waals surface area contributed by atoms with Crippen LogP contribution in [0.25, 0.3) is 0 Å². The summed E-state index contributed by atoms with van der Waals surface area (Å²) >= 11 is 11.9. The van der Waals surface area contributed by atoms with Crippen LogP contribution in [0.3, 0.4) is 0 Å². The maximum atomic E-state index is 12.3. The van der Waals surface area contributed by atoms with Crippen LogP contribution in [0.2, 0.25) is 10.0 Å². The summed E-state index contributed by atoms with van der Waals surface area (Å²) < 4.78 is 27.4. The monoisotopic (exact) mass is 358 g/mol. The summed E-state index contributed by atoms with van der Waals surface area (Å²) in [5.74, 6) is 0. The molecule has 2 rings (SSSR count). The first kappa shape index (κ1) is 18.0. The van der Waals surface area contributed by atoms with E-state index in [0.29, 0.717) is 6.04 Å². The van der Waals surface area contributed by atoms with Gasteiger partial charge in [0.25, 0.3) is 0 Å². The van der Waals surface area contributed by atoms with Gasteiger partial charge in [-0.15, -0.1) is 12.4 Å². The van der Waals surface area contributed by atoms with Gasteiger partial charge in [0.05, 0.1) is 10.0 Å². The van der Waals surface area contributed by atoms with E-state index < -0.39 is 10.0 Å². The summed E-state index contributed by atoms with van der Waals surface area (Å²) in [6, 6.07) is 4.87. The van der Waals surface area contributed by atoms with Gasteiger partial charge in [-0.3, -0.25) is 0 Å². The van der Waals surface area contributed by atoms with Crippen molar-refractivity contribution in [1.82, 2.24) is 10.0 Å². The smallest absolute Gasteiger partial charge is 0.243 e. The van der Waals surface area contributed by atoms with Crippen molar-refractivity contribution < 1.29 is 8.42 Å². The summed E-state index contributed by atoms with van der Waals surface area (Å²) in [6.45, 7) is 2.83. The van der Waals surface area contributed by atoms with E-state index in [-0.39, 0.29) is 33.4 Å². The maximum absolute atomic E-state index is 12.3. The molecule has 1 fully saturated rings. The minimum atomic E-state index is -3.69. The highest BCUT2D eigenvalue weighted by molar-refractivity contribution is 7.89. The highest BCUT2D eigenvalue weighted by Gasteiger charge is 2.27. The topological polar surface area (TPSA) is 58.2 Å². The third-order valence-corrected chi connectivity index (χ3v) is 5.61. The molecule has 0 aliphatic carbocycles. The van der Waals surface area contributed by atoms with Gasteiger partial charge in [0, 0.05) is 12.1 Å². The third kappa shape index (κ3) is 4.23. The van der Waals surface area contributed by atoms with Gasteiger partial charge in [0.15, 0.2) is 0 Å². The number of piperidine rings is 1. The van der Waals surface area contributed by atoms with Crippen molar-refractivity contribution in [3.8, 4) is 0 Å². The number of nitrogens with one attached hydrogen (secondary N) is 2. The second-order valence-corrected chi connectivity index (χ2v) is 7.21. The fourth-order valence-corrected chi connectivity index (χ4v) is 4.68. The lowest BCUT2D eigenvalue weighted by molar-refractivity contribution is 0.361. The van der Waals surface area contributed by atoms with E-state index >= 15 is 0 Å². The van der Waals surface area contributed by atoms with Crippen molar-refractivity contribution in [3.63, 3.8) is 0 Å². The van der Waals surface area contributed by atoms with E-state index in [4.69, 9.17) is 23.2 Å². The Bertz CT molecular complexity index is 546. The van der Waals surface area contributed by atoms with Gasteiger partial charge in [0.2, 0.25) is 10.0 Å². The summed E-state index contributed by atoms with van der Waals surface area (Å²) in [6.07, 6.45) is 1.51. The molecule has 2 N–H and O–H groups in total. The molecule has 1 aliphatic rings. The van der Waals surface area contributed by atoms with Crippen LogP contribution in [0, 0.1) is 0 Å². The van der Waals surface area contributed by atoms with Crippen molar-refractivity contribution >= 4 is 45.6 Å². The first-order valence-electron chi connectivity index (χ1n) is 6.10. The number of hydrogen-bond donors (Lipinski definition) is 2. The Labute approximate surface area is 135 Å². The lowest BCUT2D eigenvalue weighted by atomic mass is 10.0. The fraction of sp³-hybridized carbons (Fsp3) is 0.500. The summed E-state index contributed by atoms with van der Waals surface area (Å²) in [4.78, 5) is -0.0375. The Kier molecular flexibility index (Phi) is 6.57. The Balaban J connectivity index is 0.00000200. The van der Waals surface area contributed by atoms with E-state index in [9.17, 15) is 8.42 Å². The quantitative estimate of drug-likeness (QED) is 0.872. The summed E-state index contributed by atoms with van der Waals surface area (Å²) in [5, 5.41) is 3.55. The highest BCUT2D eigenvalue weighted by Crippen LogP contribution is 2.29. The van der Waals surface area contributed by atoms with Gasteiger partial charge in [-0.05, 0) is 38.4 Å². The fourth-order valence-electron chi connectivity index (χ4n) is 2.26. The number of hydrogen-bond acceptors (Lipinski definition) is 3. The molecule has 1 saturated heterocycles. The Morgan fingerprint density at radius 1 is 1.30 bits per heavy atom. The molecule has 0 amide bonds. The molecule has 2 unspecified atom stereocenters. The molecule has 1 aliphatic heterocycles. The van der Waals surface area contributed by atoms with Gasteiger partial charge in [-0.1, -0.05) is 29.3 Å². The summed E-state index contributed by atoms with van der Waals surface area (Å²) in [5.41, 5.74) is 0. The lowest BCUT2D eigenvalue weighted by Crippen LogP contribution is -2.46. The number of sulfonamides is 1. The molecule has 0 radical (unpaired) electrons. The van der Waals surface area contributed by atoms with E-state index in [2.05, 4.69) is 10.0 Å². The molecule has 8 heteroatoms. The van der Waals surface area contributed by atoms with Crippen LogP contribution in [0.5, 0.6) is 0 Å². The maximum Gasteiger partial charge on any atom is 0.243 e. The molecule has 114 valence electrons. The van der Waals surface area contributed by atoms with Gasteiger partial charge in [-0.2, -0.15) is 0 Å². The van der Waals surface area contributed by atoms with Crippen molar-refractivity contribution in [1.29, 1.82) is 0 Å². The molecule has 1 aromatic carbocycles. The standard InChI is InChI=1S/C12H16Cl2N2O2S.ClH/c1-8-7-9(5-6-15-8)16-19(17,18)12-10(13)3-2-4-11(12)14;/h2-4,8-9,15-16H,5-7H2,1H3;1H. The Morgan fingerprint density at radius 3 is 2.45 bits per heavy atom. The first-order chi connectivity index (χ1) is 8.90. The molecule has 0 spiro atoms. The van der Waals surface area contributed by atoms with E-state index in [0.717, 1.165) is 19.4 Å². The van der Waals surface area contributed by atoms with Crippen LogP contribution in [-0.4, -0.2) is 27.0 Å². The Hall–Kier alpha value is -0.0400. The van der Waals surface area contributed by atoms with Gasteiger partial charge in [-0.25, -0.2) is 13.1 Å². The van der Waals surface area contributed by atoms with E-state index in [1.165, 1.54) is 12.1 Å². The van der Waals surface area contributed by atoms with Crippen LogP contribution in [0.15, 0.2) is 23.1 Å². The third-order valence-electron chi connectivity index (χ3n) is 3.13. The van der Waals surface area contributed by atoms with Crippen LogP contribution in [-0.2, 0) is 10.0 Å². The van der Waals surface area contributed by atoms with Crippen molar-refractivity contribution in [2.75, 3.05) is 6.54 Å². The molecular weight excluding hydrogens is 343 g/mol. The highest BCUT2D eigenvalue weighted by atomic mass is 35.5. The SMILES string of the molecule is CC1CC(NS(=O)(=O)c2c(Cl)cccc2Cl)CCN1.Cl. The zero-order valence-electron chi connectivity index (χ0n) is 10.9. The molecule has 4 nitrogen and oxygen atoms in total. The molecule has 2 atom stereocenters. The van der Waals surface area contributed by atoms with E-state index in [1.54, 1.807) is 6.07 Å². The van der Waals surface area contributed by atoms with Crippen LogP contribution in [0.4, 0.5) is 0 Å². The number of rotatable bonds is 3. The van der Waals surface area contributed by atoms with Gasteiger partial charge in [0.1, 0.15) is 4.90 Å². The molecule has 20 heavy (non-hydrogen) atoms.